The van der Waals surface area contributed by atoms with Gasteiger partial charge in [0.25, 0.3) is 0 Å². The van der Waals surface area contributed by atoms with Crippen molar-refractivity contribution in [3.05, 3.63) is 24.3 Å². The first-order valence-electron chi connectivity index (χ1n) is 9.30. The van der Waals surface area contributed by atoms with Crippen LogP contribution in [0.1, 0.15) is 25.7 Å². The lowest BCUT2D eigenvalue weighted by atomic mass is 9.97. The molecule has 0 aliphatic carbocycles. The summed E-state index contributed by atoms with van der Waals surface area (Å²) < 4.78 is 64.7. The van der Waals surface area contributed by atoms with Gasteiger partial charge in [0, 0.05) is 19.4 Å². The smallest absolute Gasteiger partial charge is 0.295 e. The highest BCUT2D eigenvalue weighted by Gasteiger charge is 2.33. The molecule has 11 heteroatoms. The molecule has 1 aromatic carbocycles. The summed E-state index contributed by atoms with van der Waals surface area (Å²) in [5.41, 5.74) is 0.327. The van der Waals surface area contributed by atoms with Crippen molar-refractivity contribution in [1.82, 2.24) is 9.62 Å². The van der Waals surface area contributed by atoms with Gasteiger partial charge in [-0.25, -0.2) is 13.1 Å². The molecule has 7 nitrogen and oxygen atoms in total. The Bertz CT molecular complexity index is 847. The molecule has 0 atom stereocenters. The molecule has 2 aliphatic heterocycles. The summed E-state index contributed by atoms with van der Waals surface area (Å²) in [6.45, 7) is -0.246. The third-order valence-corrected chi connectivity index (χ3v) is 6.57. The lowest BCUT2D eigenvalue weighted by Crippen LogP contribution is -2.42. The van der Waals surface area contributed by atoms with E-state index in [2.05, 4.69) is 4.72 Å². The second-order valence-corrected chi connectivity index (χ2v) is 9.07. The molecule has 1 aromatic rings. The molecule has 0 radical (unpaired) electrons. The number of carbonyl (C=O) groups is 2. The van der Waals surface area contributed by atoms with Crippen LogP contribution in [0.5, 0.6) is 0 Å². The van der Waals surface area contributed by atoms with Crippen LogP contribution in [-0.4, -0.2) is 57.5 Å². The third-order valence-electron chi connectivity index (χ3n) is 5.13. The molecular weight excluding hydrogens is 411 g/mol. The van der Waals surface area contributed by atoms with E-state index >= 15 is 0 Å². The zero-order valence-electron chi connectivity index (χ0n) is 15.6. The maximum absolute atomic E-state index is 12.5. The number of anilines is 1. The van der Waals surface area contributed by atoms with Crippen molar-refractivity contribution in [3.8, 4) is 0 Å². The molecule has 0 saturated carbocycles. The predicted octanol–water partition coefficient (Wildman–Crippen LogP) is 1.89. The Hall–Kier alpha value is -1.98. The fourth-order valence-corrected chi connectivity index (χ4v) is 4.67. The molecular formula is C18H22F3N3O4S. The quantitative estimate of drug-likeness (QED) is 0.693. The highest BCUT2D eigenvalue weighted by atomic mass is 32.2. The third kappa shape index (κ3) is 5.55. The van der Waals surface area contributed by atoms with Crippen molar-refractivity contribution in [2.75, 3.05) is 31.1 Å². The number of piperidine rings is 1. The molecule has 2 aliphatic rings. The number of rotatable bonds is 6. The number of halogens is 3. The van der Waals surface area contributed by atoms with Crippen LogP contribution in [0.25, 0.3) is 0 Å². The van der Waals surface area contributed by atoms with Gasteiger partial charge in [-0.05, 0) is 56.1 Å². The number of alkyl halides is 3. The molecule has 1 N–H and O–H groups in total. The van der Waals surface area contributed by atoms with Crippen molar-refractivity contribution in [2.24, 2.45) is 5.92 Å². The van der Waals surface area contributed by atoms with Crippen molar-refractivity contribution in [2.45, 2.75) is 36.8 Å². The van der Waals surface area contributed by atoms with E-state index in [4.69, 9.17) is 0 Å². The zero-order valence-corrected chi connectivity index (χ0v) is 16.4. The number of imide groups is 1. The summed E-state index contributed by atoms with van der Waals surface area (Å²) in [4.78, 5) is 25.9. The number of amides is 2. The number of carbonyl (C=O) groups excluding carboxylic acids is 2. The van der Waals surface area contributed by atoms with Crippen molar-refractivity contribution < 1.29 is 31.2 Å². The molecule has 0 bridgehead atoms. The van der Waals surface area contributed by atoms with Crippen LogP contribution in [0.4, 0.5) is 18.9 Å². The molecule has 0 aromatic heterocycles. The molecule has 2 amide bonds. The van der Waals surface area contributed by atoms with Crippen LogP contribution in [0.3, 0.4) is 0 Å². The summed E-state index contributed by atoms with van der Waals surface area (Å²) in [7, 11) is -3.80. The Labute approximate surface area is 166 Å². The summed E-state index contributed by atoms with van der Waals surface area (Å²) in [5, 5.41) is 0. The number of likely N-dealkylation sites (tertiary alicyclic amines) is 1. The van der Waals surface area contributed by atoms with Gasteiger partial charge in [0.15, 0.2) is 0 Å². The maximum Gasteiger partial charge on any atom is 0.401 e. The van der Waals surface area contributed by atoms with Gasteiger partial charge in [-0.3, -0.25) is 19.4 Å². The average molecular weight is 433 g/mol. The number of hydrogen-bond acceptors (Lipinski definition) is 5. The Kier molecular flexibility index (Phi) is 6.30. The molecule has 0 unspecified atom stereocenters. The Balaban J connectivity index is 1.54. The van der Waals surface area contributed by atoms with Gasteiger partial charge in [0.1, 0.15) is 0 Å². The van der Waals surface area contributed by atoms with E-state index in [0.29, 0.717) is 18.5 Å². The lowest BCUT2D eigenvalue weighted by molar-refractivity contribution is -0.148. The van der Waals surface area contributed by atoms with E-state index < -0.39 is 22.7 Å². The van der Waals surface area contributed by atoms with Gasteiger partial charge in [0.05, 0.1) is 17.1 Å². The van der Waals surface area contributed by atoms with Gasteiger partial charge in [0.2, 0.25) is 21.8 Å². The number of nitrogens with zero attached hydrogens (tertiary/aromatic N) is 2. The number of benzene rings is 1. The van der Waals surface area contributed by atoms with Gasteiger partial charge in [-0.1, -0.05) is 0 Å². The number of nitrogens with one attached hydrogen (secondary N) is 1. The van der Waals surface area contributed by atoms with Crippen molar-refractivity contribution in [1.29, 1.82) is 0 Å². The van der Waals surface area contributed by atoms with Gasteiger partial charge >= 0.3 is 6.18 Å². The molecule has 2 saturated heterocycles. The Morgan fingerprint density at radius 1 is 1.00 bits per heavy atom. The second kappa shape index (κ2) is 8.41. The van der Waals surface area contributed by atoms with E-state index in [1.54, 1.807) is 0 Å². The zero-order chi connectivity index (χ0) is 21.2. The topological polar surface area (TPSA) is 86.8 Å². The monoisotopic (exact) mass is 433 g/mol. The first-order chi connectivity index (χ1) is 13.5. The summed E-state index contributed by atoms with van der Waals surface area (Å²) in [5.74, 6) is -0.672. The van der Waals surface area contributed by atoms with E-state index in [1.807, 2.05) is 0 Å². The molecule has 3 rings (SSSR count). The number of sulfonamides is 1. The minimum Gasteiger partial charge on any atom is -0.295 e. The fraction of sp³-hybridized carbons (Fsp3) is 0.556. The summed E-state index contributed by atoms with van der Waals surface area (Å²) in [6, 6.07) is 5.46. The van der Waals surface area contributed by atoms with Crippen molar-refractivity contribution in [3.63, 3.8) is 0 Å². The second-order valence-electron chi connectivity index (χ2n) is 7.30. The fourth-order valence-electron chi connectivity index (χ4n) is 3.55. The summed E-state index contributed by atoms with van der Waals surface area (Å²) >= 11 is 0. The lowest BCUT2D eigenvalue weighted by Gasteiger charge is -2.32. The standard InChI is InChI=1S/C18H22F3N3O4S/c19-18(20,21)12-23-9-7-13(8-10-23)11-22-29(27,28)15-3-1-14(2-4-15)24-16(25)5-6-17(24)26/h1-4,13,22H,5-12H2. The highest BCUT2D eigenvalue weighted by Crippen LogP contribution is 2.25. The van der Waals surface area contributed by atoms with E-state index in [9.17, 15) is 31.2 Å². The van der Waals surface area contributed by atoms with Crippen LogP contribution in [-0.2, 0) is 19.6 Å². The van der Waals surface area contributed by atoms with Crippen molar-refractivity contribution >= 4 is 27.5 Å². The van der Waals surface area contributed by atoms with Crippen LogP contribution < -0.4 is 9.62 Å². The SMILES string of the molecule is O=C1CCC(=O)N1c1ccc(S(=O)(=O)NCC2CCN(CC(F)(F)F)CC2)cc1. The minimum absolute atomic E-state index is 0.00477. The van der Waals surface area contributed by atoms with Crippen LogP contribution in [0.2, 0.25) is 0 Å². The number of hydrogen-bond donors (Lipinski definition) is 1. The van der Waals surface area contributed by atoms with Gasteiger partial charge < -0.3 is 0 Å². The van der Waals surface area contributed by atoms with E-state index in [1.165, 1.54) is 29.2 Å². The largest absolute Gasteiger partial charge is 0.401 e. The Morgan fingerprint density at radius 2 is 1.55 bits per heavy atom. The molecule has 29 heavy (non-hydrogen) atoms. The van der Waals surface area contributed by atoms with E-state index in [0.717, 1.165) is 4.90 Å². The Morgan fingerprint density at radius 3 is 2.07 bits per heavy atom. The van der Waals surface area contributed by atoms with Gasteiger partial charge in [-0.15, -0.1) is 0 Å². The van der Waals surface area contributed by atoms with Gasteiger partial charge in [-0.2, -0.15) is 13.2 Å². The summed E-state index contributed by atoms with van der Waals surface area (Å²) in [6.07, 6.45) is -2.98. The first-order valence-corrected chi connectivity index (χ1v) is 10.8. The average Bonchev–Trinajstić information content (AvgIpc) is 2.98. The van der Waals surface area contributed by atoms with E-state index in [-0.39, 0.29) is 55.1 Å². The van der Waals surface area contributed by atoms with Crippen LogP contribution in [0, 0.1) is 5.92 Å². The predicted molar refractivity (Wildman–Crippen MR) is 98.6 cm³/mol. The maximum atomic E-state index is 12.5. The van der Waals surface area contributed by atoms with Crippen LogP contribution >= 0.6 is 0 Å². The molecule has 2 heterocycles. The molecule has 160 valence electrons. The highest BCUT2D eigenvalue weighted by molar-refractivity contribution is 7.89. The molecule has 0 spiro atoms. The minimum atomic E-state index is -4.23. The normalized spacial score (nSPS) is 19.9. The van der Waals surface area contributed by atoms with Crippen LogP contribution in [0.15, 0.2) is 29.2 Å². The first kappa shape index (κ1) is 21.7. The molecule has 2 fully saturated rings.